The van der Waals surface area contributed by atoms with E-state index >= 15 is 0 Å². The number of nitrogens with one attached hydrogen (secondary N) is 1. The molecule has 1 aromatic heterocycles. The number of amides is 1. The summed E-state index contributed by atoms with van der Waals surface area (Å²) in [6.45, 7) is 1.96. The highest BCUT2D eigenvalue weighted by molar-refractivity contribution is 9.10. The number of rotatable bonds is 9. The zero-order valence-electron chi connectivity index (χ0n) is 19.1. The Balaban J connectivity index is 1.87. The van der Waals surface area contributed by atoms with Crippen molar-refractivity contribution in [1.29, 1.82) is 0 Å². The largest absolute Gasteiger partial charge is 0.497 e. The van der Waals surface area contributed by atoms with E-state index in [-0.39, 0.29) is 12.5 Å². The molecule has 0 unspecified atom stereocenters. The van der Waals surface area contributed by atoms with Crippen LogP contribution in [0.1, 0.15) is 22.8 Å². The molecule has 0 aliphatic rings. The van der Waals surface area contributed by atoms with E-state index in [1.54, 1.807) is 40.4 Å². The van der Waals surface area contributed by atoms with Gasteiger partial charge in [0.05, 0.1) is 32.4 Å². The van der Waals surface area contributed by atoms with E-state index in [1.807, 2.05) is 35.7 Å². The van der Waals surface area contributed by atoms with Crippen molar-refractivity contribution in [2.24, 2.45) is 0 Å². The van der Waals surface area contributed by atoms with Gasteiger partial charge < -0.3 is 24.3 Å². The topological polar surface area (TPSA) is 83.1 Å². The van der Waals surface area contributed by atoms with E-state index in [0.717, 1.165) is 11.1 Å². The van der Waals surface area contributed by atoms with Gasteiger partial charge in [0.25, 0.3) is 0 Å². The highest BCUT2D eigenvalue weighted by atomic mass is 79.9. The molecule has 1 heterocycles. The second kappa shape index (κ2) is 11.7. The quantitative estimate of drug-likeness (QED) is 0.261. The molecule has 178 valence electrons. The van der Waals surface area contributed by atoms with Crippen LogP contribution in [-0.2, 0) is 9.53 Å². The van der Waals surface area contributed by atoms with Gasteiger partial charge in [-0.15, -0.1) is 11.3 Å². The van der Waals surface area contributed by atoms with Gasteiger partial charge in [-0.25, -0.2) is 4.79 Å². The predicted octanol–water partition coefficient (Wildman–Crippen LogP) is 6.03. The second-order valence-electron chi connectivity index (χ2n) is 6.86. The Morgan fingerprint density at radius 2 is 1.79 bits per heavy atom. The number of carbonyl (C=O) groups is 2. The number of methoxy groups -OCH3 is 3. The van der Waals surface area contributed by atoms with Gasteiger partial charge in [0.1, 0.15) is 16.3 Å². The molecular formula is C25H24BrNO6S. The highest BCUT2D eigenvalue weighted by Crippen LogP contribution is 2.38. The summed E-state index contributed by atoms with van der Waals surface area (Å²) in [4.78, 5) is 25.4. The monoisotopic (exact) mass is 545 g/mol. The highest BCUT2D eigenvalue weighted by Gasteiger charge is 2.22. The van der Waals surface area contributed by atoms with Crippen molar-refractivity contribution in [1.82, 2.24) is 0 Å². The molecule has 0 spiro atoms. The molecule has 1 amide bonds. The number of ether oxygens (including phenoxy) is 4. The number of halogens is 1. The van der Waals surface area contributed by atoms with Crippen LogP contribution in [0.15, 0.2) is 52.3 Å². The van der Waals surface area contributed by atoms with Crippen LogP contribution in [0.25, 0.3) is 17.2 Å². The summed E-state index contributed by atoms with van der Waals surface area (Å²) in [5.41, 5.74) is 2.53. The van der Waals surface area contributed by atoms with Crippen molar-refractivity contribution in [3.63, 3.8) is 0 Å². The summed E-state index contributed by atoms with van der Waals surface area (Å²) in [7, 11) is 4.68. The minimum absolute atomic E-state index is 0.220. The number of anilines is 1. The van der Waals surface area contributed by atoms with Crippen molar-refractivity contribution in [2.45, 2.75) is 6.92 Å². The maximum Gasteiger partial charge on any atom is 0.341 e. The van der Waals surface area contributed by atoms with E-state index in [2.05, 4.69) is 21.2 Å². The molecular weight excluding hydrogens is 522 g/mol. The first-order chi connectivity index (χ1) is 16.4. The van der Waals surface area contributed by atoms with Gasteiger partial charge in [-0.2, -0.15) is 0 Å². The van der Waals surface area contributed by atoms with E-state index in [1.165, 1.54) is 17.4 Å². The Bertz CT molecular complexity index is 1200. The fourth-order valence-corrected chi connectivity index (χ4v) is 4.78. The third-order valence-electron chi connectivity index (χ3n) is 4.79. The summed E-state index contributed by atoms with van der Waals surface area (Å²) in [6, 6.07) is 10.9. The van der Waals surface area contributed by atoms with Crippen LogP contribution in [-0.4, -0.2) is 39.8 Å². The molecule has 0 saturated carbocycles. The first-order valence-corrected chi connectivity index (χ1v) is 11.9. The Morgan fingerprint density at radius 1 is 1.06 bits per heavy atom. The standard InChI is InChI=1S/C25H24BrNO6S/c1-5-33-25(29)22-18(16-7-9-17(30-2)10-8-16)14-34-24(22)27-21(28)11-6-15-12-19(26)23(32-4)20(13-15)31-3/h6-14H,5H2,1-4H3,(H,27,28)/b11-6+. The molecule has 1 N–H and O–H groups in total. The summed E-state index contributed by atoms with van der Waals surface area (Å²) in [5, 5.41) is 5.03. The molecule has 0 atom stereocenters. The molecule has 0 aliphatic carbocycles. The van der Waals surface area contributed by atoms with Gasteiger partial charge in [0.2, 0.25) is 5.91 Å². The Morgan fingerprint density at radius 3 is 2.41 bits per heavy atom. The fourth-order valence-electron chi connectivity index (χ4n) is 3.20. The summed E-state index contributed by atoms with van der Waals surface area (Å²) >= 11 is 4.69. The first kappa shape index (κ1) is 25.3. The van der Waals surface area contributed by atoms with Crippen molar-refractivity contribution < 1.29 is 28.5 Å². The smallest absolute Gasteiger partial charge is 0.341 e. The molecule has 0 bridgehead atoms. The van der Waals surface area contributed by atoms with Gasteiger partial charge >= 0.3 is 5.97 Å². The van der Waals surface area contributed by atoms with Crippen molar-refractivity contribution in [2.75, 3.05) is 33.3 Å². The van der Waals surface area contributed by atoms with Crippen molar-refractivity contribution in [3.05, 3.63) is 63.5 Å². The molecule has 3 aromatic rings. The minimum atomic E-state index is -0.502. The van der Waals surface area contributed by atoms with Crippen LogP contribution in [0.3, 0.4) is 0 Å². The molecule has 3 rings (SSSR count). The predicted molar refractivity (Wildman–Crippen MR) is 137 cm³/mol. The zero-order chi connectivity index (χ0) is 24.7. The van der Waals surface area contributed by atoms with E-state index in [9.17, 15) is 9.59 Å². The molecule has 0 saturated heterocycles. The number of thiophene rings is 1. The lowest BCUT2D eigenvalue weighted by molar-refractivity contribution is -0.111. The lowest BCUT2D eigenvalue weighted by Gasteiger charge is -2.10. The number of hydrogen-bond acceptors (Lipinski definition) is 7. The van der Waals surface area contributed by atoms with Crippen LogP contribution in [0, 0.1) is 0 Å². The average molecular weight is 546 g/mol. The molecule has 0 radical (unpaired) electrons. The van der Waals surface area contributed by atoms with Gasteiger partial charge in [-0.1, -0.05) is 12.1 Å². The summed E-state index contributed by atoms with van der Waals surface area (Å²) in [5.74, 6) is 0.908. The number of carbonyl (C=O) groups excluding carboxylic acids is 2. The molecule has 2 aromatic carbocycles. The van der Waals surface area contributed by atoms with Crippen LogP contribution in [0.5, 0.6) is 17.2 Å². The maximum absolute atomic E-state index is 12.7. The van der Waals surface area contributed by atoms with Crippen LogP contribution < -0.4 is 19.5 Å². The SMILES string of the molecule is CCOC(=O)c1c(-c2ccc(OC)cc2)csc1NC(=O)/C=C/c1cc(Br)c(OC)c(OC)c1. The maximum atomic E-state index is 12.7. The van der Waals surface area contributed by atoms with Gasteiger partial charge in [0, 0.05) is 17.0 Å². The average Bonchev–Trinajstić information content (AvgIpc) is 3.26. The second-order valence-corrected chi connectivity index (χ2v) is 8.60. The van der Waals surface area contributed by atoms with Crippen LogP contribution >= 0.6 is 27.3 Å². The normalized spacial score (nSPS) is 10.7. The Kier molecular flexibility index (Phi) is 8.72. The third-order valence-corrected chi connectivity index (χ3v) is 6.28. The summed E-state index contributed by atoms with van der Waals surface area (Å²) < 4.78 is 21.8. The molecule has 9 heteroatoms. The Labute approximate surface area is 210 Å². The number of benzene rings is 2. The molecule has 34 heavy (non-hydrogen) atoms. The lowest BCUT2D eigenvalue weighted by Crippen LogP contribution is -2.12. The molecule has 7 nitrogen and oxygen atoms in total. The Hall–Kier alpha value is -3.30. The van der Waals surface area contributed by atoms with Gasteiger partial charge in [-0.05, 0) is 64.3 Å². The fraction of sp³-hybridized carbons (Fsp3) is 0.200. The van der Waals surface area contributed by atoms with Crippen molar-refractivity contribution >= 4 is 50.2 Å². The van der Waals surface area contributed by atoms with Gasteiger partial charge in [-0.3, -0.25) is 4.79 Å². The number of hydrogen-bond donors (Lipinski definition) is 1. The number of esters is 1. The van der Waals surface area contributed by atoms with Crippen LogP contribution in [0.4, 0.5) is 5.00 Å². The lowest BCUT2D eigenvalue weighted by atomic mass is 10.0. The van der Waals surface area contributed by atoms with E-state index in [4.69, 9.17) is 18.9 Å². The molecule has 0 fully saturated rings. The zero-order valence-corrected chi connectivity index (χ0v) is 21.5. The summed E-state index contributed by atoms with van der Waals surface area (Å²) in [6.07, 6.45) is 3.03. The molecule has 0 aliphatic heterocycles. The minimum Gasteiger partial charge on any atom is -0.497 e. The van der Waals surface area contributed by atoms with E-state index < -0.39 is 5.97 Å². The first-order valence-electron chi connectivity index (χ1n) is 10.2. The van der Waals surface area contributed by atoms with Gasteiger partial charge in [0.15, 0.2) is 11.5 Å². The van der Waals surface area contributed by atoms with Crippen LogP contribution in [0.2, 0.25) is 0 Å². The van der Waals surface area contributed by atoms with E-state index in [0.29, 0.717) is 37.8 Å². The third kappa shape index (κ3) is 5.78. The van der Waals surface area contributed by atoms with Crippen molar-refractivity contribution in [3.8, 4) is 28.4 Å².